The fourth-order valence-corrected chi connectivity index (χ4v) is 2.60. The van der Waals surface area contributed by atoms with Crippen LogP contribution in [0, 0.1) is 0 Å². The minimum absolute atomic E-state index is 0.0773. The molecule has 1 fully saturated rings. The van der Waals surface area contributed by atoms with Crippen LogP contribution in [0.2, 0.25) is 0 Å². The van der Waals surface area contributed by atoms with Gasteiger partial charge in [-0.15, -0.1) is 0 Å². The van der Waals surface area contributed by atoms with Crippen molar-refractivity contribution in [2.75, 3.05) is 19.8 Å². The van der Waals surface area contributed by atoms with Gasteiger partial charge in [-0.1, -0.05) is 13.8 Å². The largest absolute Gasteiger partial charge is 0.491 e. The molecule has 1 aliphatic rings. The molecule has 2 rings (SSSR count). The molecule has 10 nitrogen and oxygen atoms in total. The lowest BCUT2D eigenvalue weighted by atomic mass is 9.98. The minimum Gasteiger partial charge on any atom is -0.491 e. The van der Waals surface area contributed by atoms with E-state index in [0.29, 0.717) is 12.3 Å². The standard InChI is InChI=1S/C18H29NO9/c1-10(2)19-7-11(21)9-26-12-3-5-13(6-4-12)27-18(25)17(24)16(23)15(22)14(8-20)28-18/h3-6,10-11,14-17,19-25H,7-9H2,1-2H3/t11-,14+,15+,16-,17+,18-/m0/s1. The van der Waals surface area contributed by atoms with Crippen molar-refractivity contribution in [1.82, 2.24) is 5.32 Å². The first kappa shape index (κ1) is 22.8. The Morgan fingerprint density at radius 2 is 1.71 bits per heavy atom. The normalized spacial score (nSPS) is 31.6. The molecule has 0 bridgehead atoms. The third-order valence-corrected chi connectivity index (χ3v) is 4.22. The number of hydrogen-bond donors (Lipinski definition) is 7. The number of nitrogens with one attached hydrogen (secondary N) is 1. The maximum atomic E-state index is 10.4. The van der Waals surface area contributed by atoms with Gasteiger partial charge in [0, 0.05) is 12.6 Å². The molecular formula is C18H29NO9. The summed E-state index contributed by atoms with van der Waals surface area (Å²) in [4.78, 5) is 0. The van der Waals surface area contributed by atoms with Crippen molar-refractivity contribution >= 4 is 0 Å². The van der Waals surface area contributed by atoms with Crippen molar-refractivity contribution in [3.8, 4) is 11.5 Å². The molecule has 0 saturated carbocycles. The van der Waals surface area contributed by atoms with Crippen molar-refractivity contribution in [2.45, 2.75) is 56.4 Å². The molecule has 1 aromatic carbocycles. The zero-order chi connectivity index (χ0) is 20.9. The minimum atomic E-state index is -2.66. The summed E-state index contributed by atoms with van der Waals surface area (Å²) in [6.07, 6.45) is -7.36. The van der Waals surface area contributed by atoms with Gasteiger partial charge in [0.25, 0.3) is 0 Å². The SMILES string of the molecule is CC(C)NC[C@H](O)COc1ccc(O[C@]2(O)O[C@H](CO)[C@@H](O)[C@H](O)[C@H]2O)cc1. The van der Waals surface area contributed by atoms with E-state index in [1.807, 2.05) is 13.8 Å². The zero-order valence-corrected chi connectivity index (χ0v) is 15.8. The highest BCUT2D eigenvalue weighted by molar-refractivity contribution is 5.31. The van der Waals surface area contributed by atoms with Crippen LogP contribution in [0.5, 0.6) is 11.5 Å². The summed E-state index contributed by atoms with van der Waals surface area (Å²) in [5.74, 6) is -2.14. The highest BCUT2D eigenvalue weighted by Crippen LogP contribution is 2.31. The highest BCUT2D eigenvalue weighted by atomic mass is 16.8. The summed E-state index contributed by atoms with van der Waals surface area (Å²) in [6.45, 7) is 3.71. The molecule has 0 radical (unpaired) electrons. The Hall–Kier alpha value is -1.50. The number of rotatable bonds is 9. The summed E-state index contributed by atoms with van der Waals surface area (Å²) in [6, 6.07) is 6.14. The zero-order valence-electron chi connectivity index (χ0n) is 15.8. The van der Waals surface area contributed by atoms with Gasteiger partial charge in [0.1, 0.15) is 42.5 Å². The van der Waals surface area contributed by atoms with Crippen molar-refractivity contribution in [3.05, 3.63) is 24.3 Å². The Balaban J connectivity index is 1.94. The van der Waals surface area contributed by atoms with Gasteiger partial charge in [0.15, 0.2) is 6.10 Å². The van der Waals surface area contributed by atoms with E-state index in [2.05, 4.69) is 5.32 Å². The monoisotopic (exact) mass is 403 g/mol. The second-order valence-corrected chi connectivity index (χ2v) is 7.00. The smallest absolute Gasteiger partial charge is 0.355 e. The Kier molecular flexibility index (Phi) is 7.98. The third kappa shape index (κ3) is 5.75. The van der Waals surface area contributed by atoms with Crippen molar-refractivity contribution in [1.29, 1.82) is 0 Å². The van der Waals surface area contributed by atoms with Gasteiger partial charge in [0.05, 0.1) is 6.61 Å². The van der Waals surface area contributed by atoms with Crippen molar-refractivity contribution < 1.29 is 44.8 Å². The van der Waals surface area contributed by atoms with Crippen molar-refractivity contribution in [2.24, 2.45) is 0 Å². The summed E-state index contributed by atoms with van der Waals surface area (Å²) in [5.41, 5.74) is 0. The molecule has 7 N–H and O–H groups in total. The van der Waals surface area contributed by atoms with Crippen LogP contribution in [-0.4, -0.2) is 92.9 Å². The number of aliphatic hydroxyl groups excluding tert-OH is 5. The fourth-order valence-electron chi connectivity index (χ4n) is 2.60. The molecule has 1 aromatic rings. The molecule has 0 amide bonds. The predicted octanol–water partition coefficient (Wildman–Crippen LogP) is -2.08. The highest BCUT2D eigenvalue weighted by Gasteiger charge is 2.55. The Labute approximate surface area is 162 Å². The van der Waals surface area contributed by atoms with E-state index in [-0.39, 0.29) is 18.4 Å². The molecule has 0 aliphatic carbocycles. The molecule has 10 heteroatoms. The van der Waals surface area contributed by atoms with E-state index < -0.39 is 43.1 Å². The van der Waals surface area contributed by atoms with Gasteiger partial charge in [0.2, 0.25) is 0 Å². The average molecular weight is 403 g/mol. The fraction of sp³-hybridized carbons (Fsp3) is 0.667. The number of benzene rings is 1. The molecule has 1 saturated heterocycles. The summed E-state index contributed by atoms with van der Waals surface area (Å²) < 4.78 is 15.7. The lowest BCUT2D eigenvalue weighted by molar-refractivity contribution is -0.422. The molecular weight excluding hydrogens is 374 g/mol. The molecule has 0 spiro atoms. The maximum absolute atomic E-state index is 10.4. The van der Waals surface area contributed by atoms with Crippen LogP contribution in [0.25, 0.3) is 0 Å². The van der Waals surface area contributed by atoms with Crippen LogP contribution in [0.3, 0.4) is 0 Å². The van der Waals surface area contributed by atoms with E-state index in [4.69, 9.17) is 14.2 Å². The average Bonchev–Trinajstić information content (AvgIpc) is 2.67. The maximum Gasteiger partial charge on any atom is 0.355 e. The van der Waals surface area contributed by atoms with E-state index in [1.165, 1.54) is 24.3 Å². The molecule has 0 aromatic heterocycles. The van der Waals surface area contributed by atoms with Crippen molar-refractivity contribution in [3.63, 3.8) is 0 Å². The van der Waals surface area contributed by atoms with E-state index in [0.717, 1.165) is 0 Å². The van der Waals surface area contributed by atoms with Gasteiger partial charge in [-0.05, 0) is 24.3 Å². The van der Waals surface area contributed by atoms with Gasteiger partial charge in [-0.2, -0.15) is 0 Å². The molecule has 28 heavy (non-hydrogen) atoms. The summed E-state index contributed by atoms with van der Waals surface area (Å²) >= 11 is 0. The Morgan fingerprint density at radius 1 is 1.11 bits per heavy atom. The Bertz CT molecular complexity index is 597. The molecule has 0 unspecified atom stereocenters. The third-order valence-electron chi connectivity index (χ3n) is 4.22. The van der Waals surface area contributed by atoms with Crippen LogP contribution in [0.1, 0.15) is 13.8 Å². The van der Waals surface area contributed by atoms with E-state index in [9.17, 15) is 30.6 Å². The molecule has 1 aliphatic heterocycles. The van der Waals surface area contributed by atoms with Crippen LogP contribution in [0.4, 0.5) is 0 Å². The summed E-state index contributed by atoms with van der Waals surface area (Å²) in [7, 11) is 0. The lowest BCUT2D eigenvalue weighted by Crippen LogP contribution is -2.67. The van der Waals surface area contributed by atoms with Gasteiger partial charge in [-0.3, -0.25) is 0 Å². The second kappa shape index (κ2) is 9.81. The predicted molar refractivity (Wildman–Crippen MR) is 96.6 cm³/mol. The number of hydrogen-bond acceptors (Lipinski definition) is 10. The van der Waals surface area contributed by atoms with E-state index in [1.54, 1.807) is 0 Å². The first-order valence-electron chi connectivity index (χ1n) is 9.05. The van der Waals surface area contributed by atoms with Crippen LogP contribution < -0.4 is 14.8 Å². The van der Waals surface area contributed by atoms with Gasteiger partial charge >= 0.3 is 5.97 Å². The lowest BCUT2D eigenvalue weighted by Gasteiger charge is -2.44. The molecule has 160 valence electrons. The van der Waals surface area contributed by atoms with Crippen LogP contribution in [0.15, 0.2) is 24.3 Å². The van der Waals surface area contributed by atoms with Gasteiger partial charge in [-0.25, -0.2) is 0 Å². The summed E-state index contributed by atoms with van der Waals surface area (Å²) in [5, 5.41) is 62.0. The quantitative estimate of drug-likeness (QED) is 0.228. The van der Waals surface area contributed by atoms with Gasteiger partial charge < -0.3 is 50.2 Å². The van der Waals surface area contributed by atoms with E-state index >= 15 is 0 Å². The van der Waals surface area contributed by atoms with Crippen LogP contribution in [-0.2, 0) is 4.74 Å². The number of aliphatic hydroxyl groups is 6. The topological polar surface area (TPSA) is 161 Å². The first-order valence-corrected chi connectivity index (χ1v) is 9.05. The Morgan fingerprint density at radius 3 is 2.29 bits per heavy atom. The first-order chi connectivity index (χ1) is 13.2. The molecule has 6 atom stereocenters. The number of ether oxygens (including phenoxy) is 3. The molecule has 1 heterocycles. The second-order valence-electron chi connectivity index (χ2n) is 7.00. The van der Waals surface area contributed by atoms with Crippen LogP contribution >= 0.6 is 0 Å².